The van der Waals surface area contributed by atoms with Gasteiger partial charge in [-0.15, -0.1) is 0 Å². The molecular weight excluding hydrogens is 271 g/mol. The van der Waals surface area contributed by atoms with Crippen molar-refractivity contribution < 1.29 is 14.2 Å². The van der Waals surface area contributed by atoms with Crippen molar-refractivity contribution in [3.05, 3.63) is 65.7 Å². The standard InChI is InChI=1S/C16H19FN2O2/c17-16-6-2-1-5-14(16)11-21-12-15(20)10-19-9-13-4-3-7-18-8-13/h1-8,15,19-20H,9-12H2. The molecule has 0 fully saturated rings. The van der Waals surface area contributed by atoms with Gasteiger partial charge in [0, 0.05) is 31.0 Å². The van der Waals surface area contributed by atoms with E-state index in [4.69, 9.17) is 4.74 Å². The lowest BCUT2D eigenvalue weighted by molar-refractivity contribution is 0.0277. The highest BCUT2D eigenvalue weighted by Gasteiger charge is 2.06. The normalized spacial score (nSPS) is 12.3. The van der Waals surface area contributed by atoms with Crippen LogP contribution in [0.4, 0.5) is 4.39 Å². The van der Waals surface area contributed by atoms with Crippen LogP contribution in [0.2, 0.25) is 0 Å². The van der Waals surface area contributed by atoms with Gasteiger partial charge in [0.1, 0.15) is 5.82 Å². The van der Waals surface area contributed by atoms with Gasteiger partial charge in [-0.05, 0) is 17.7 Å². The van der Waals surface area contributed by atoms with Gasteiger partial charge in [0.15, 0.2) is 0 Å². The van der Waals surface area contributed by atoms with Crippen molar-refractivity contribution in [1.29, 1.82) is 0 Å². The molecule has 1 atom stereocenters. The Bertz CT molecular complexity index is 537. The lowest BCUT2D eigenvalue weighted by Crippen LogP contribution is -2.30. The first kappa shape index (κ1) is 15.6. The Labute approximate surface area is 123 Å². The summed E-state index contributed by atoms with van der Waals surface area (Å²) in [7, 11) is 0. The summed E-state index contributed by atoms with van der Waals surface area (Å²) in [5, 5.41) is 12.9. The predicted octanol–water partition coefficient (Wildman–Crippen LogP) is 1.89. The molecule has 2 aromatic rings. The highest BCUT2D eigenvalue weighted by molar-refractivity contribution is 5.16. The van der Waals surface area contributed by atoms with E-state index in [0.717, 1.165) is 5.56 Å². The molecule has 0 radical (unpaired) electrons. The molecule has 0 saturated carbocycles. The first-order valence-corrected chi connectivity index (χ1v) is 6.84. The quantitative estimate of drug-likeness (QED) is 0.779. The molecule has 1 unspecified atom stereocenters. The molecule has 0 saturated heterocycles. The summed E-state index contributed by atoms with van der Waals surface area (Å²) < 4.78 is 18.7. The van der Waals surface area contributed by atoms with Crippen molar-refractivity contribution >= 4 is 0 Å². The second-order valence-electron chi connectivity index (χ2n) is 4.75. The van der Waals surface area contributed by atoms with Gasteiger partial charge in [0.05, 0.1) is 19.3 Å². The molecule has 0 aliphatic heterocycles. The van der Waals surface area contributed by atoms with Crippen LogP contribution in [-0.4, -0.2) is 29.3 Å². The minimum absolute atomic E-state index is 0.159. The number of nitrogens with one attached hydrogen (secondary N) is 1. The summed E-state index contributed by atoms with van der Waals surface area (Å²) in [4.78, 5) is 4.01. The minimum atomic E-state index is -0.631. The largest absolute Gasteiger partial charge is 0.389 e. The van der Waals surface area contributed by atoms with E-state index in [9.17, 15) is 9.50 Å². The zero-order chi connectivity index (χ0) is 14.9. The van der Waals surface area contributed by atoms with Gasteiger partial charge in [-0.2, -0.15) is 0 Å². The predicted molar refractivity (Wildman–Crippen MR) is 78.0 cm³/mol. The molecule has 0 aliphatic carbocycles. The van der Waals surface area contributed by atoms with Crippen molar-refractivity contribution in [3.63, 3.8) is 0 Å². The number of hydrogen-bond donors (Lipinski definition) is 2. The molecule has 4 nitrogen and oxygen atoms in total. The van der Waals surface area contributed by atoms with Crippen molar-refractivity contribution in [1.82, 2.24) is 10.3 Å². The fraction of sp³-hybridized carbons (Fsp3) is 0.312. The zero-order valence-electron chi connectivity index (χ0n) is 11.7. The van der Waals surface area contributed by atoms with Crippen LogP contribution >= 0.6 is 0 Å². The second kappa shape index (κ2) is 8.46. The summed E-state index contributed by atoms with van der Waals surface area (Å²) in [6.45, 7) is 1.37. The molecule has 1 aromatic carbocycles. The molecule has 5 heteroatoms. The molecule has 1 aromatic heterocycles. The average molecular weight is 290 g/mol. The number of rotatable bonds is 8. The van der Waals surface area contributed by atoms with Crippen molar-refractivity contribution in [2.45, 2.75) is 19.3 Å². The zero-order valence-corrected chi connectivity index (χ0v) is 11.7. The van der Waals surface area contributed by atoms with Crippen LogP contribution < -0.4 is 5.32 Å². The fourth-order valence-electron chi connectivity index (χ4n) is 1.87. The minimum Gasteiger partial charge on any atom is -0.389 e. The van der Waals surface area contributed by atoms with Crippen LogP contribution in [0.5, 0.6) is 0 Å². The summed E-state index contributed by atoms with van der Waals surface area (Å²) in [5.41, 5.74) is 1.55. The van der Waals surface area contributed by atoms with Crippen molar-refractivity contribution in [2.24, 2.45) is 0 Å². The Balaban J connectivity index is 1.62. The number of pyridine rings is 1. The number of aromatic nitrogens is 1. The van der Waals surface area contributed by atoms with E-state index in [2.05, 4.69) is 10.3 Å². The summed E-state index contributed by atoms with van der Waals surface area (Å²) in [6.07, 6.45) is 2.86. The number of hydrogen-bond acceptors (Lipinski definition) is 4. The molecule has 112 valence electrons. The maximum atomic E-state index is 13.3. The SMILES string of the molecule is OC(CNCc1cccnc1)COCc1ccccc1F. The van der Waals surface area contributed by atoms with Crippen LogP contribution in [0.15, 0.2) is 48.8 Å². The summed E-state index contributed by atoms with van der Waals surface area (Å²) in [5.74, 6) is -0.290. The lowest BCUT2D eigenvalue weighted by atomic mass is 10.2. The highest BCUT2D eigenvalue weighted by atomic mass is 19.1. The van der Waals surface area contributed by atoms with Gasteiger partial charge < -0.3 is 15.2 Å². The van der Waals surface area contributed by atoms with Gasteiger partial charge in [0.2, 0.25) is 0 Å². The fourth-order valence-corrected chi connectivity index (χ4v) is 1.87. The molecular formula is C16H19FN2O2. The third-order valence-corrected chi connectivity index (χ3v) is 2.96. The summed E-state index contributed by atoms with van der Waals surface area (Å²) >= 11 is 0. The van der Waals surface area contributed by atoms with Gasteiger partial charge >= 0.3 is 0 Å². The van der Waals surface area contributed by atoms with E-state index in [1.165, 1.54) is 6.07 Å². The van der Waals surface area contributed by atoms with Crippen LogP contribution in [0.25, 0.3) is 0 Å². The molecule has 0 aliphatic rings. The average Bonchev–Trinajstić information content (AvgIpc) is 2.50. The number of nitrogens with zero attached hydrogens (tertiary/aromatic N) is 1. The van der Waals surface area contributed by atoms with E-state index >= 15 is 0 Å². The van der Waals surface area contributed by atoms with Gasteiger partial charge in [-0.3, -0.25) is 4.98 Å². The molecule has 2 N–H and O–H groups in total. The second-order valence-corrected chi connectivity index (χ2v) is 4.75. The van der Waals surface area contributed by atoms with E-state index in [0.29, 0.717) is 18.7 Å². The van der Waals surface area contributed by atoms with Gasteiger partial charge in [-0.1, -0.05) is 24.3 Å². The van der Waals surface area contributed by atoms with Crippen molar-refractivity contribution in [3.8, 4) is 0 Å². The molecule has 21 heavy (non-hydrogen) atoms. The van der Waals surface area contributed by atoms with Crippen LogP contribution in [0.1, 0.15) is 11.1 Å². The Hall–Kier alpha value is -1.82. The number of aliphatic hydroxyl groups is 1. The van der Waals surface area contributed by atoms with E-state index < -0.39 is 6.10 Å². The Kier molecular flexibility index (Phi) is 6.27. The van der Waals surface area contributed by atoms with Gasteiger partial charge in [0.25, 0.3) is 0 Å². The number of ether oxygens (including phenoxy) is 1. The van der Waals surface area contributed by atoms with E-state index in [1.54, 1.807) is 30.6 Å². The van der Waals surface area contributed by atoms with E-state index in [-0.39, 0.29) is 19.0 Å². The first-order chi connectivity index (χ1) is 10.3. The Morgan fingerprint density at radius 1 is 1.24 bits per heavy atom. The maximum Gasteiger partial charge on any atom is 0.128 e. The lowest BCUT2D eigenvalue weighted by Gasteiger charge is -2.12. The van der Waals surface area contributed by atoms with Crippen molar-refractivity contribution in [2.75, 3.05) is 13.2 Å². The number of aliphatic hydroxyl groups excluding tert-OH is 1. The number of benzene rings is 1. The Morgan fingerprint density at radius 2 is 2.10 bits per heavy atom. The van der Waals surface area contributed by atoms with Gasteiger partial charge in [-0.25, -0.2) is 4.39 Å². The molecule has 0 amide bonds. The first-order valence-electron chi connectivity index (χ1n) is 6.84. The van der Waals surface area contributed by atoms with Crippen LogP contribution in [-0.2, 0) is 17.9 Å². The maximum absolute atomic E-state index is 13.3. The highest BCUT2D eigenvalue weighted by Crippen LogP contribution is 2.07. The monoisotopic (exact) mass is 290 g/mol. The Morgan fingerprint density at radius 3 is 2.86 bits per heavy atom. The third kappa shape index (κ3) is 5.59. The van der Waals surface area contributed by atoms with E-state index in [1.807, 2.05) is 12.1 Å². The smallest absolute Gasteiger partial charge is 0.128 e. The number of halogens is 1. The molecule has 2 rings (SSSR count). The molecule has 1 heterocycles. The third-order valence-electron chi connectivity index (χ3n) is 2.96. The van der Waals surface area contributed by atoms with Crippen LogP contribution in [0.3, 0.4) is 0 Å². The molecule has 0 spiro atoms. The van der Waals surface area contributed by atoms with Crippen LogP contribution in [0, 0.1) is 5.82 Å². The summed E-state index contributed by atoms with van der Waals surface area (Å²) in [6, 6.07) is 10.3. The molecule has 0 bridgehead atoms. The topological polar surface area (TPSA) is 54.4 Å².